The highest BCUT2D eigenvalue weighted by Crippen LogP contribution is 2.39. The molecular formula is C25H33NO6. The fourth-order valence-corrected chi connectivity index (χ4v) is 4.55. The predicted octanol–water partition coefficient (Wildman–Crippen LogP) is 4.81. The number of benzene rings is 1. The van der Waals surface area contributed by atoms with Gasteiger partial charge in [0.2, 0.25) is 0 Å². The molecule has 0 radical (unpaired) electrons. The van der Waals surface area contributed by atoms with Crippen LogP contribution in [0.5, 0.6) is 0 Å². The van der Waals surface area contributed by atoms with Gasteiger partial charge in [-0.05, 0) is 69.2 Å². The molecule has 1 unspecified atom stereocenters. The van der Waals surface area contributed by atoms with Crippen LogP contribution in [0.2, 0.25) is 0 Å². The van der Waals surface area contributed by atoms with Gasteiger partial charge in [-0.25, -0.2) is 0 Å². The Morgan fingerprint density at radius 2 is 1.78 bits per heavy atom. The molecule has 1 aliphatic rings. The number of Topliss-reactive ketones (excluding diaryl/α,β-unsaturated/α-hetero) is 2. The number of aliphatic hydroxyl groups excluding tert-OH is 1. The van der Waals surface area contributed by atoms with Crippen LogP contribution in [0, 0.1) is 20.8 Å². The molecule has 0 aliphatic heterocycles. The first kappa shape index (κ1) is 25.3. The van der Waals surface area contributed by atoms with E-state index < -0.39 is 5.97 Å². The molecule has 0 aromatic heterocycles. The van der Waals surface area contributed by atoms with Crippen molar-refractivity contribution in [1.29, 1.82) is 0 Å². The summed E-state index contributed by atoms with van der Waals surface area (Å²) in [4.78, 5) is 42.8. The normalized spacial score (nSPS) is 16.9. The molecule has 32 heavy (non-hydrogen) atoms. The molecule has 0 spiro atoms. The Kier molecular flexibility index (Phi) is 8.75. The lowest BCUT2D eigenvalue weighted by atomic mass is 9.76. The van der Waals surface area contributed by atoms with Gasteiger partial charge in [0.1, 0.15) is 18.8 Å². The fourth-order valence-electron chi connectivity index (χ4n) is 4.55. The van der Waals surface area contributed by atoms with Crippen molar-refractivity contribution < 1.29 is 29.1 Å². The van der Waals surface area contributed by atoms with Crippen molar-refractivity contribution in [2.75, 3.05) is 13.2 Å². The summed E-state index contributed by atoms with van der Waals surface area (Å²) in [5, 5.41) is 14.8. The third kappa shape index (κ3) is 5.44. The van der Waals surface area contributed by atoms with E-state index in [2.05, 4.69) is 5.16 Å². The Morgan fingerprint density at radius 3 is 2.34 bits per heavy atom. The van der Waals surface area contributed by atoms with Crippen LogP contribution >= 0.6 is 0 Å². The highest BCUT2D eigenvalue weighted by atomic mass is 16.6. The molecule has 1 N–H and O–H groups in total. The molecule has 1 aliphatic carbocycles. The molecule has 7 nitrogen and oxygen atoms in total. The molecule has 2 rings (SSSR count). The fraction of sp³-hybridized carbons (Fsp3) is 0.520. The van der Waals surface area contributed by atoms with E-state index in [9.17, 15) is 19.5 Å². The zero-order chi connectivity index (χ0) is 24.0. The zero-order valence-corrected chi connectivity index (χ0v) is 19.8. The number of carbonyl (C=O) groups is 3. The van der Waals surface area contributed by atoms with E-state index in [4.69, 9.17) is 9.57 Å². The van der Waals surface area contributed by atoms with E-state index in [-0.39, 0.29) is 54.7 Å². The number of rotatable bonds is 9. The number of carbonyl (C=O) groups excluding carboxylic acids is 3. The minimum Gasteiger partial charge on any atom is -0.511 e. The molecule has 0 bridgehead atoms. The van der Waals surface area contributed by atoms with Crippen molar-refractivity contribution in [2.24, 2.45) is 5.16 Å². The summed E-state index contributed by atoms with van der Waals surface area (Å²) in [7, 11) is 0. The van der Waals surface area contributed by atoms with Gasteiger partial charge in [0.25, 0.3) is 0 Å². The lowest BCUT2D eigenvalue weighted by molar-refractivity contribution is -0.142. The maximum atomic E-state index is 13.0. The summed E-state index contributed by atoms with van der Waals surface area (Å²) in [5.74, 6) is -1.34. The number of ketones is 2. The lowest BCUT2D eigenvalue weighted by Gasteiger charge is -2.28. The van der Waals surface area contributed by atoms with E-state index in [0.29, 0.717) is 24.3 Å². The minimum atomic E-state index is -0.558. The third-order valence-electron chi connectivity index (χ3n) is 5.69. The summed E-state index contributed by atoms with van der Waals surface area (Å²) in [6, 6.07) is 1.90. The van der Waals surface area contributed by atoms with Crippen molar-refractivity contribution in [3.05, 3.63) is 45.2 Å². The van der Waals surface area contributed by atoms with Crippen LogP contribution in [0.4, 0.5) is 0 Å². The Morgan fingerprint density at radius 1 is 1.09 bits per heavy atom. The van der Waals surface area contributed by atoms with Gasteiger partial charge in [0, 0.05) is 18.4 Å². The number of aryl methyl sites for hydroxylation is 2. The summed E-state index contributed by atoms with van der Waals surface area (Å²) in [5.41, 5.74) is 4.48. The first-order valence-electron chi connectivity index (χ1n) is 11.1. The van der Waals surface area contributed by atoms with E-state index in [0.717, 1.165) is 22.3 Å². The molecule has 174 valence electrons. The van der Waals surface area contributed by atoms with Crippen molar-refractivity contribution in [3.63, 3.8) is 0 Å². The molecule has 0 amide bonds. The van der Waals surface area contributed by atoms with Gasteiger partial charge in [-0.2, -0.15) is 0 Å². The molecule has 1 aromatic rings. The number of esters is 1. The summed E-state index contributed by atoms with van der Waals surface area (Å²) >= 11 is 0. The van der Waals surface area contributed by atoms with Gasteiger partial charge in [-0.3, -0.25) is 14.4 Å². The number of hydrogen-bond acceptors (Lipinski definition) is 7. The van der Waals surface area contributed by atoms with Gasteiger partial charge in [-0.1, -0.05) is 18.1 Å². The van der Waals surface area contributed by atoms with Crippen LogP contribution in [0.3, 0.4) is 0 Å². The zero-order valence-electron chi connectivity index (χ0n) is 19.8. The number of nitrogens with zero attached hydrogens (tertiary/aromatic N) is 1. The Bertz CT molecular complexity index is 973. The Labute approximate surface area is 189 Å². The van der Waals surface area contributed by atoms with E-state index >= 15 is 0 Å². The number of oxime groups is 1. The standard InChI is InChI=1S/C25H33NO6/c1-7-18(26-32-9-3)25-19(27)11-17(12-20(25)28)23-14(4)10-15(5)24(16(23)6)21(29)13-22(30)31-8-2/h10,17,27H,7-9,11-13H2,1-6H3/b26-18-. The second-order valence-corrected chi connectivity index (χ2v) is 7.99. The topological polar surface area (TPSA) is 102 Å². The molecule has 0 saturated heterocycles. The minimum absolute atomic E-state index is 0.00896. The van der Waals surface area contributed by atoms with Crippen LogP contribution in [0.1, 0.15) is 85.0 Å². The maximum Gasteiger partial charge on any atom is 0.313 e. The lowest BCUT2D eigenvalue weighted by Crippen LogP contribution is -2.25. The van der Waals surface area contributed by atoms with Crippen molar-refractivity contribution >= 4 is 23.2 Å². The first-order valence-corrected chi connectivity index (χ1v) is 11.1. The van der Waals surface area contributed by atoms with E-state index in [1.54, 1.807) is 13.8 Å². The Balaban J connectivity index is 2.46. The largest absolute Gasteiger partial charge is 0.511 e. The monoisotopic (exact) mass is 443 g/mol. The van der Waals surface area contributed by atoms with Crippen LogP contribution in [0.15, 0.2) is 22.6 Å². The number of allylic oxidation sites excluding steroid dienone is 2. The van der Waals surface area contributed by atoms with Gasteiger partial charge in [-0.15, -0.1) is 0 Å². The number of hydrogen-bond donors (Lipinski definition) is 1. The summed E-state index contributed by atoms with van der Waals surface area (Å²) in [6.45, 7) is 11.5. The van der Waals surface area contributed by atoms with Crippen molar-refractivity contribution in [3.8, 4) is 0 Å². The van der Waals surface area contributed by atoms with E-state index in [1.807, 2.05) is 33.8 Å². The second-order valence-electron chi connectivity index (χ2n) is 7.99. The molecule has 0 heterocycles. The molecule has 1 atom stereocenters. The average Bonchev–Trinajstić information content (AvgIpc) is 2.69. The smallest absolute Gasteiger partial charge is 0.313 e. The van der Waals surface area contributed by atoms with Gasteiger partial charge >= 0.3 is 5.97 Å². The maximum absolute atomic E-state index is 13.0. The molecule has 7 heteroatoms. The third-order valence-corrected chi connectivity index (χ3v) is 5.69. The molecule has 0 fully saturated rings. The predicted molar refractivity (Wildman–Crippen MR) is 122 cm³/mol. The van der Waals surface area contributed by atoms with Crippen molar-refractivity contribution in [2.45, 2.75) is 73.1 Å². The SMILES string of the molecule is CCO/N=C(/CC)C1=C(O)CC(c2c(C)cc(C)c(C(=O)CC(=O)OCC)c2C)CC1=O. The highest BCUT2D eigenvalue weighted by molar-refractivity contribution is 6.23. The highest BCUT2D eigenvalue weighted by Gasteiger charge is 2.33. The quantitative estimate of drug-likeness (QED) is 0.193. The molecular weight excluding hydrogens is 410 g/mol. The van der Waals surface area contributed by atoms with Gasteiger partial charge < -0.3 is 14.7 Å². The Hall–Kier alpha value is -2.96. The molecule has 0 saturated carbocycles. The van der Waals surface area contributed by atoms with Crippen LogP contribution in [-0.4, -0.2) is 41.6 Å². The number of aliphatic hydroxyl groups is 1. The second kappa shape index (κ2) is 11.1. The molecule has 1 aromatic carbocycles. The average molecular weight is 444 g/mol. The number of ether oxygens (including phenoxy) is 1. The van der Waals surface area contributed by atoms with Crippen LogP contribution in [-0.2, 0) is 19.2 Å². The van der Waals surface area contributed by atoms with Gasteiger partial charge in [0.15, 0.2) is 11.6 Å². The summed E-state index contributed by atoms with van der Waals surface area (Å²) in [6.07, 6.45) is 0.596. The van der Waals surface area contributed by atoms with Crippen LogP contribution < -0.4 is 0 Å². The summed E-state index contributed by atoms with van der Waals surface area (Å²) < 4.78 is 4.92. The van der Waals surface area contributed by atoms with Crippen LogP contribution in [0.25, 0.3) is 0 Å². The van der Waals surface area contributed by atoms with Gasteiger partial charge in [0.05, 0.1) is 17.9 Å². The van der Waals surface area contributed by atoms with Crippen molar-refractivity contribution in [1.82, 2.24) is 0 Å². The first-order chi connectivity index (χ1) is 15.2. The van der Waals surface area contributed by atoms with E-state index in [1.165, 1.54) is 0 Å².